The van der Waals surface area contributed by atoms with Gasteiger partial charge in [-0.3, -0.25) is 4.79 Å². The number of carboxylic acids is 1. The van der Waals surface area contributed by atoms with Crippen molar-refractivity contribution in [1.29, 1.82) is 0 Å². The predicted molar refractivity (Wildman–Crippen MR) is 118 cm³/mol. The van der Waals surface area contributed by atoms with Crippen LogP contribution in [-0.4, -0.2) is 35.6 Å². The van der Waals surface area contributed by atoms with Crippen molar-refractivity contribution in [2.45, 2.75) is 17.7 Å². The Hall–Kier alpha value is -3.85. The van der Waals surface area contributed by atoms with Gasteiger partial charge in [0.25, 0.3) is 10.0 Å². The summed E-state index contributed by atoms with van der Waals surface area (Å²) in [4.78, 5) is 15.2. The Balaban J connectivity index is 1.71. The zero-order chi connectivity index (χ0) is 22.7. The van der Waals surface area contributed by atoms with Crippen LogP contribution in [-0.2, 0) is 21.2 Å². The van der Waals surface area contributed by atoms with Gasteiger partial charge < -0.3 is 14.6 Å². The summed E-state index contributed by atoms with van der Waals surface area (Å²) in [6, 6.07) is 16.9. The minimum absolute atomic E-state index is 0.0181. The van der Waals surface area contributed by atoms with Crippen LogP contribution < -0.4 is 9.47 Å². The van der Waals surface area contributed by atoms with Gasteiger partial charge in [-0.2, -0.15) is 0 Å². The largest absolute Gasteiger partial charge is 0.497 e. The molecule has 0 aliphatic carbocycles. The molecule has 0 aliphatic rings. The van der Waals surface area contributed by atoms with Crippen molar-refractivity contribution in [2.24, 2.45) is 0 Å². The highest BCUT2D eigenvalue weighted by atomic mass is 32.2. The number of nitrogens with zero attached hydrogens (tertiary/aromatic N) is 2. The topological polar surface area (TPSA) is 108 Å². The Labute approximate surface area is 184 Å². The van der Waals surface area contributed by atoms with E-state index in [9.17, 15) is 13.2 Å². The van der Waals surface area contributed by atoms with Crippen LogP contribution in [0.25, 0.3) is 10.9 Å². The first-order chi connectivity index (χ1) is 15.4. The molecule has 8 nitrogen and oxygen atoms in total. The Morgan fingerprint density at radius 2 is 1.84 bits per heavy atom. The number of carboxylic acid groups (broad SMARTS) is 1. The molecule has 9 heteroatoms. The van der Waals surface area contributed by atoms with Crippen molar-refractivity contribution < 1.29 is 27.8 Å². The van der Waals surface area contributed by atoms with Crippen LogP contribution in [0, 0.1) is 0 Å². The number of aliphatic carboxylic acids is 1. The molecule has 1 N–H and O–H groups in total. The van der Waals surface area contributed by atoms with Crippen molar-refractivity contribution in [3.8, 4) is 17.4 Å². The Morgan fingerprint density at radius 1 is 1.06 bits per heavy atom. The SMILES string of the molecule is COc1ccc2c(c1)c(CCC(=O)O)cn2S(=O)(=O)c1ccc(Oc2ccccc2)nc1. The number of pyridine rings is 1. The number of para-hydroxylation sites is 1. The van der Waals surface area contributed by atoms with E-state index in [1.54, 1.807) is 30.3 Å². The van der Waals surface area contributed by atoms with Gasteiger partial charge in [0.1, 0.15) is 16.4 Å². The van der Waals surface area contributed by atoms with Crippen LogP contribution in [0.15, 0.2) is 78.0 Å². The van der Waals surface area contributed by atoms with Gasteiger partial charge in [-0.15, -0.1) is 0 Å². The molecule has 32 heavy (non-hydrogen) atoms. The second-order valence-electron chi connectivity index (χ2n) is 6.98. The molecule has 0 amide bonds. The quantitative estimate of drug-likeness (QED) is 0.429. The smallest absolute Gasteiger partial charge is 0.303 e. The molecule has 0 saturated heterocycles. The van der Waals surface area contributed by atoms with E-state index in [1.807, 2.05) is 18.2 Å². The monoisotopic (exact) mass is 452 g/mol. The van der Waals surface area contributed by atoms with E-state index >= 15 is 0 Å². The zero-order valence-corrected chi connectivity index (χ0v) is 18.0. The average Bonchev–Trinajstić information content (AvgIpc) is 3.17. The van der Waals surface area contributed by atoms with Gasteiger partial charge in [0.05, 0.1) is 18.8 Å². The number of ether oxygens (including phenoxy) is 2. The molecule has 4 rings (SSSR count). The third kappa shape index (κ3) is 4.28. The zero-order valence-electron chi connectivity index (χ0n) is 17.1. The molecule has 0 fully saturated rings. The minimum Gasteiger partial charge on any atom is -0.497 e. The predicted octanol–water partition coefficient (Wildman–Crippen LogP) is 4.09. The summed E-state index contributed by atoms with van der Waals surface area (Å²) in [6.45, 7) is 0. The number of hydrogen-bond acceptors (Lipinski definition) is 6. The third-order valence-electron chi connectivity index (χ3n) is 4.90. The van der Waals surface area contributed by atoms with Crippen molar-refractivity contribution in [3.05, 3.63) is 78.6 Å². The summed E-state index contributed by atoms with van der Waals surface area (Å²) in [5, 5.41) is 9.67. The second kappa shape index (κ2) is 8.72. The summed E-state index contributed by atoms with van der Waals surface area (Å²) in [5.74, 6) is 0.437. The summed E-state index contributed by atoms with van der Waals surface area (Å²) in [6.07, 6.45) is 2.75. The van der Waals surface area contributed by atoms with E-state index in [4.69, 9.17) is 14.6 Å². The van der Waals surface area contributed by atoms with Crippen molar-refractivity contribution >= 4 is 26.9 Å². The van der Waals surface area contributed by atoms with Crippen molar-refractivity contribution in [3.63, 3.8) is 0 Å². The molecule has 0 bridgehead atoms. The average molecular weight is 452 g/mol. The first-order valence-electron chi connectivity index (χ1n) is 9.73. The molecule has 4 aromatic rings. The van der Waals surface area contributed by atoms with Gasteiger partial charge >= 0.3 is 5.97 Å². The van der Waals surface area contributed by atoms with Gasteiger partial charge in [-0.25, -0.2) is 17.4 Å². The number of benzene rings is 2. The Bertz CT molecular complexity index is 1360. The highest BCUT2D eigenvalue weighted by Gasteiger charge is 2.22. The van der Waals surface area contributed by atoms with Gasteiger partial charge in [0.2, 0.25) is 5.88 Å². The van der Waals surface area contributed by atoms with Crippen LogP contribution in [0.1, 0.15) is 12.0 Å². The fraction of sp³-hybridized carbons (Fsp3) is 0.130. The summed E-state index contributed by atoms with van der Waals surface area (Å²) < 4.78 is 38.7. The molecule has 2 heterocycles. The van der Waals surface area contributed by atoms with Gasteiger partial charge in [0, 0.05) is 24.1 Å². The molecule has 0 atom stereocenters. The highest BCUT2D eigenvalue weighted by Crippen LogP contribution is 2.30. The fourth-order valence-electron chi connectivity index (χ4n) is 3.31. The minimum atomic E-state index is -3.98. The Kier molecular flexibility index (Phi) is 5.83. The maximum Gasteiger partial charge on any atom is 0.303 e. The van der Waals surface area contributed by atoms with E-state index in [2.05, 4.69) is 4.98 Å². The van der Waals surface area contributed by atoms with Crippen LogP contribution in [0.5, 0.6) is 17.4 Å². The van der Waals surface area contributed by atoms with Crippen LogP contribution in [0.3, 0.4) is 0 Å². The number of methoxy groups -OCH3 is 1. The maximum atomic E-state index is 13.4. The normalized spacial score (nSPS) is 11.4. The van der Waals surface area contributed by atoms with E-state index in [0.29, 0.717) is 28.0 Å². The number of aryl methyl sites for hydroxylation is 1. The number of hydrogen-bond donors (Lipinski definition) is 1. The van der Waals surface area contributed by atoms with E-state index in [0.717, 1.165) is 3.97 Å². The van der Waals surface area contributed by atoms with Crippen LogP contribution >= 0.6 is 0 Å². The standard InChI is InChI=1S/C23H20N2O6S/c1-30-18-8-10-21-20(13-18)16(7-12-23(26)27)15-25(21)32(28,29)19-9-11-22(24-14-19)31-17-5-3-2-4-6-17/h2-6,8-11,13-15H,7,12H2,1H3,(H,26,27). The fourth-order valence-corrected chi connectivity index (χ4v) is 4.65. The van der Waals surface area contributed by atoms with Crippen LogP contribution in [0.4, 0.5) is 0 Å². The molecule has 0 saturated carbocycles. The lowest BCUT2D eigenvalue weighted by molar-refractivity contribution is -0.136. The summed E-state index contributed by atoms with van der Waals surface area (Å²) in [5.41, 5.74) is 1.03. The van der Waals surface area contributed by atoms with Crippen molar-refractivity contribution in [1.82, 2.24) is 8.96 Å². The lowest BCUT2D eigenvalue weighted by atomic mass is 10.1. The first-order valence-corrected chi connectivity index (χ1v) is 11.2. The van der Waals surface area contributed by atoms with E-state index in [1.165, 1.54) is 31.6 Å². The van der Waals surface area contributed by atoms with Gasteiger partial charge in [0.15, 0.2) is 0 Å². The number of fused-ring (bicyclic) bond motifs is 1. The lowest BCUT2D eigenvalue weighted by Crippen LogP contribution is -2.12. The van der Waals surface area contributed by atoms with E-state index < -0.39 is 16.0 Å². The second-order valence-corrected chi connectivity index (χ2v) is 8.79. The molecule has 0 unspecified atom stereocenters. The molecule has 0 spiro atoms. The summed E-state index contributed by atoms with van der Waals surface area (Å²) >= 11 is 0. The lowest BCUT2D eigenvalue weighted by Gasteiger charge is -2.09. The molecule has 0 aliphatic heterocycles. The highest BCUT2D eigenvalue weighted by molar-refractivity contribution is 7.90. The number of aromatic nitrogens is 2. The van der Waals surface area contributed by atoms with Crippen molar-refractivity contribution in [2.75, 3.05) is 7.11 Å². The first kappa shape index (κ1) is 21.4. The van der Waals surface area contributed by atoms with Gasteiger partial charge in [-0.05, 0) is 48.4 Å². The number of carbonyl (C=O) groups is 1. The maximum absolute atomic E-state index is 13.4. The molecular formula is C23H20N2O6S. The summed E-state index contributed by atoms with van der Waals surface area (Å²) in [7, 11) is -2.47. The molecule has 2 aromatic carbocycles. The van der Waals surface area contributed by atoms with Gasteiger partial charge in [-0.1, -0.05) is 18.2 Å². The third-order valence-corrected chi connectivity index (χ3v) is 6.56. The Morgan fingerprint density at radius 3 is 2.50 bits per heavy atom. The van der Waals surface area contributed by atoms with Crippen LogP contribution in [0.2, 0.25) is 0 Å². The molecule has 2 aromatic heterocycles. The molecule has 164 valence electrons. The number of rotatable bonds is 8. The molecule has 0 radical (unpaired) electrons. The molecular weight excluding hydrogens is 432 g/mol. The van der Waals surface area contributed by atoms with E-state index in [-0.39, 0.29) is 23.6 Å².